The second kappa shape index (κ2) is 9.76. The minimum atomic E-state index is -0.620. The summed E-state index contributed by atoms with van der Waals surface area (Å²) in [6.07, 6.45) is 0.531. The molecule has 6 heteroatoms. The Morgan fingerprint density at radius 1 is 1.22 bits per heavy atom. The molecule has 0 radical (unpaired) electrons. The van der Waals surface area contributed by atoms with Crippen LogP contribution in [0, 0.1) is 5.92 Å². The Hall–Kier alpha value is -2.18. The first kappa shape index (κ1) is 18.9. The highest BCUT2D eigenvalue weighted by atomic mass is 32.1. The second-order valence-electron chi connectivity index (χ2n) is 4.92. The monoisotopic (exact) mass is 335 g/mol. The fraction of sp³-hybridized carbons (Fsp3) is 0.235. The van der Waals surface area contributed by atoms with Gasteiger partial charge in [-0.2, -0.15) is 5.26 Å². The zero-order chi connectivity index (χ0) is 17.2. The van der Waals surface area contributed by atoms with E-state index in [0.29, 0.717) is 6.42 Å². The van der Waals surface area contributed by atoms with Gasteiger partial charge in [-0.1, -0.05) is 31.2 Å². The number of nitrogen functional groups attached to an aromatic ring is 1. The van der Waals surface area contributed by atoms with E-state index >= 15 is 0 Å². The van der Waals surface area contributed by atoms with Gasteiger partial charge < -0.3 is 15.4 Å². The van der Waals surface area contributed by atoms with Crippen LogP contribution in [0.1, 0.15) is 12.5 Å². The van der Waals surface area contributed by atoms with E-state index in [-0.39, 0.29) is 5.92 Å². The van der Waals surface area contributed by atoms with Crippen LogP contribution in [0.2, 0.25) is 0 Å². The van der Waals surface area contributed by atoms with Gasteiger partial charge in [0.2, 0.25) is 0 Å². The highest BCUT2D eigenvalue weighted by Crippen LogP contribution is 2.15. The van der Waals surface area contributed by atoms with Crippen LogP contribution in [0.3, 0.4) is 0 Å². The number of benzene rings is 2. The van der Waals surface area contributed by atoms with Crippen LogP contribution in [-0.4, -0.2) is 18.3 Å². The molecular formula is C17H21NO4S. The molecule has 0 heterocycles. The number of nitrogens with two attached hydrogens (primary N) is 1. The predicted octanol–water partition coefficient (Wildman–Crippen LogP) is 3.45. The van der Waals surface area contributed by atoms with E-state index < -0.39 is 5.97 Å². The lowest BCUT2D eigenvalue weighted by Gasteiger charge is -2.07. The SMILES string of the molecule is COc1ccc(CC(C)C(=O)OO)cc1.Nc1ccccc1S. The molecule has 2 rings (SSSR count). The summed E-state index contributed by atoms with van der Waals surface area (Å²) in [6.45, 7) is 1.70. The number of ether oxygens (including phenoxy) is 1. The minimum absolute atomic E-state index is 0.358. The lowest BCUT2D eigenvalue weighted by atomic mass is 10.0. The van der Waals surface area contributed by atoms with E-state index in [1.54, 1.807) is 14.0 Å². The quantitative estimate of drug-likeness (QED) is 0.345. The van der Waals surface area contributed by atoms with Gasteiger partial charge in [0.25, 0.3) is 0 Å². The largest absolute Gasteiger partial charge is 0.497 e. The summed E-state index contributed by atoms with van der Waals surface area (Å²) in [5.41, 5.74) is 7.17. The average Bonchev–Trinajstić information content (AvgIpc) is 2.58. The van der Waals surface area contributed by atoms with Crippen LogP contribution >= 0.6 is 12.6 Å². The zero-order valence-corrected chi connectivity index (χ0v) is 14.0. The number of anilines is 1. The molecule has 0 aromatic heterocycles. The van der Waals surface area contributed by atoms with E-state index in [9.17, 15) is 4.79 Å². The topological polar surface area (TPSA) is 81.8 Å². The van der Waals surface area contributed by atoms with E-state index in [1.165, 1.54) is 0 Å². The van der Waals surface area contributed by atoms with Crippen LogP contribution < -0.4 is 10.5 Å². The van der Waals surface area contributed by atoms with Gasteiger partial charge in [-0.15, -0.1) is 12.6 Å². The number of hydrogen-bond acceptors (Lipinski definition) is 6. The highest BCUT2D eigenvalue weighted by molar-refractivity contribution is 7.80. The van der Waals surface area contributed by atoms with E-state index in [2.05, 4.69) is 17.5 Å². The second-order valence-corrected chi connectivity index (χ2v) is 5.40. The third-order valence-electron chi connectivity index (χ3n) is 3.13. The summed E-state index contributed by atoms with van der Waals surface area (Å²) in [7, 11) is 1.60. The lowest BCUT2D eigenvalue weighted by Crippen LogP contribution is -2.15. The molecular weight excluding hydrogens is 314 g/mol. The van der Waals surface area contributed by atoms with Crippen molar-refractivity contribution < 1.29 is 19.7 Å². The van der Waals surface area contributed by atoms with Crippen molar-refractivity contribution in [3.05, 3.63) is 54.1 Å². The van der Waals surface area contributed by atoms with Gasteiger partial charge in [0.15, 0.2) is 0 Å². The Bertz CT molecular complexity index is 595. The van der Waals surface area contributed by atoms with E-state index in [0.717, 1.165) is 21.9 Å². The Morgan fingerprint density at radius 2 is 1.83 bits per heavy atom. The van der Waals surface area contributed by atoms with Gasteiger partial charge in [-0.3, -0.25) is 0 Å². The van der Waals surface area contributed by atoms with Crippen molar-refractivity contribution in [2.75, 3.05) is 12.8 Å². The molecule has 0 aliphatic carbocycles. The third-order valence-corrected chi connectivity index (χ3v) is 3.54. The van der Waals surface area contributed by atoms with Crippen molar-refractivity contribution in [1.29, 1.82) is 0 Å². The van der Waals surface area contributed by atoms with Gasteiger partial charge in [0, 0.05) is 10.6 Å². The summed E-state index contributed by atoms with van der Waals surface area (Å²) in [5, 5.41) is 8.20. The highest BCUT2D eigenvalue weighted by Gasteiger charge is 2.14. The first-order valence-corrected chi connectivity index (χ1v) is 7.44. The van der Waals surface area contributed by atoms with Gasteiger partial charge >= 0.3 is 5.97 Å². The van der Waals surface area contributed by atoms with Gasteiger partial charge in [0.1, 0.15) is 5.75 Å². The summed E-state index contributed by atoms with van der Waals surface area (Å²) in [6, 6.07) is 14.9. The Morgan fingerprint density at radius 3 is 2.26 bits per heavy atom. The Labute approximate surface area is 141 Å². The molecule has 3 N–H and O–H groups in total. The molecule has 5 nitrogen and oxygen atoms in total. The van der Waals surface area contributed by atoms with Crippen molar-refractivity contribution in [2.45, 2.75) is 18.2 Å². The molecule has 0 aliphatic heterocycles. The molecule has 2 aromatic rings. The van der Waals surface area contributed by atoms with Crippen molar-refractivity contribution >= 4 is 24.3 Å². The summed E-state index contributed by atoms with van der Waals surface area (Å²) in [4.78, 5) is 15.4. The predicted molar refractivity (Wildman–Crippen MR) is 92.7 cm³/mol. The van der Waals surface area contributed by atoms with E-state index in [4.69, 9.17) is 15.7 Å². The van der Waals surface area contributed by atoms with Gasteiger partial charge in [-0.05, 0) is 36.2 Å². The summed E-state index contributed by atoms with van der Waals surface area (Å²) >= 11 is 4.07. The number of thiol groups is 1. The molecule has 0 bridgehead atoms. The number of carbonyl (C=O) groups excluding carboxylic acids is 1. The fourth-order valence-electron chi connectivity index (χ4n) is 1.78. The number of para-hydroxylation sites is 1. The first-order chi connectivity index (χ1) is 11.0. The maximum absolute atomic E-state index is 10.9. The minimum Gasteiger partial charge on any atom is -0.497 e. The molecule has 1 unspecified atom stereocenters. The standard InChI is InChI=1S/C11H14O4.C6H7NS/c1-8(11(12)15-13)7-9-3-5-10(14-2)6-4-9;7-5-3-1-2-4-6(5)8/h3-6,8,13H,7H2,1-2H3;1-4,8H,7H2. The zero-order valence-electron chi connectivity index (χ0n) is 13.1. The van der Waals surface area contributed by atoms with Crippen molar-refractivity contribution in [3.63, 3.8) is 0 Å². The molecule has 0 fully saturated rings. The van der Waals surface area contributed by atoms with Crippen LogP contribution in [-0.2, 0) is 16.1 Å². The summed E-state index contributed by atoms with van der Waals surface area (Å²) in [5.74, 6) is -0.203. The molecule has 0 amide bonds. The van der Waals surface area contributed by atoms with Crippen LogP contribution in [0.5, 0.6) is 5.75 Å². The third kappa shape index (κ3) is 6.63. The smallest absolute Gasteiger partial charge is 0.345 e. The number of hydrogen-bond donors (Lipinski definition) is 3. The number of methoxy groups -OCH3 is 1. The molecule has 23 heavy (non-hydrogen) atoms. The molecule has 0 saturated carbocycles. The maximum atomic E-state index is 10.9. The molecule has 2 aromatic carbocycles. The van der Waals surface area contributed by atoms with Gasteiger partial charge in [-0.25, -0.2) is 4.79 Å². The van der Waals surface area contributed by atoms with Crippen LogP contribution in [0.4, 0.5) is 5.69 Å². The Kier molecular flexibility index (Phi) is 8.01. The first-order valence-electron chi connectivity index (χ1n) is 6.99. The Balaban J connectivity index is 0.000000277. The summed E-state index contributed by atoms with van der Waals surface area (Å²) < 4.78 is 5.01. The normalized spacial score (nSPS) is 11.0. The molecule has 0 spiro atoms. The van der Waals surface area contributed by atoms with Gasteiger partial charge in [0.05, 0.1) is 13.0 Å². The van der Waals surface area contributed by atoms with Crippen molar-refractivity contribution in [1.82, 2.24) is 0 Å². The molecule has 1 atom stereocenters. The van der Waals surface area contributed by atoms with Crippen LogP contribution in [0.25, 0.3) is 0 Å². The molecule has 0 saturated heterocycles. The van der Waals surface area contributed by atoms with Crippen LogP contribution in [0.15, 0.2) is 53.4 Å². The molecule has 0 aliphatic rings. The molecule has 124 valence electrons. The lowest BCUT2D eigenvalue weighted by molar-refractivity contribution is -0.238. The number of carbonyl (C=O) groups is 1. The van der Waals surface area contributed by atoms with Crippen molar-refractivity contribution in [3.8, 4) is 5.75 Å². The maximum Gasteiger partial charge on any atom is 0.345 e. The van der Waals surface area contributed by atoms with Crippen molar-refractivity contribution in [2.24, 2.45) is 5.92 Å². The average molecular weight is 335 g/mol. The number of rotatable bonds is 4. The fourth-order valence-corrected chi connectivity index (χ4v) is 1.94. The van der Waals surface area contributed by atoms with E-state index in [1.807, 2.05) is 48.5 Å².